The molecule has 3 aliphatic rings. The smallest absolute Gasteiger partial charge is 0.173 e. The molecule has 2 aliphatic carbocycles. The van der Waals surface area contributed by atoms with Crippen molar-refractivity contribution in [2.75, 3.05) is 14.2 Å². The minimum atomic E-state index is -0.364. The predicted molar refractivity (Wildman–Crippen MR) is 120 cm³/mol. The van der Waals surface area contributed by atoms with Crippen LogP contribution in [0.2, 0.25) is 0 Å². The summed E-state index contributed by atoms with van der Waals surface area (Å²) in [5.41, 5.74) is 0. The van der Waals surface area contributed by atoms with Crippen LogP contribution >= 0.6 is 0 Å². The molecule has 3 fully saturated rings. The molecule has 0 radical (unpaired) electrons. The number of hydrogen-bond donors (Lipinski definition) is 0. The molecule has 3 nitrogen and oxygen atoms in total. The third-order valence-corrected chi connectivity index (χ3v) is 8.32. The average molecular weight is 409 g/mol. The first-order valence-electron chi connectivity index (χ1n) is 13.0. The number of rotatable bonds is 14. The molecule has 4 atom stereocenters. The lowest BCUT2D eigenvalue weighted by Crippen LogP contribution is -2.49. The van der Waals surface area contributed by atoms with Gasteiger partial charge in [0.05, 0.1) is 12.2 Å². The minimum Gasteiger partial charge on any atom is -0.370 e. The Morgan fingerprint density at radius 3 is 2.24 bits per heavy atom. The Bertz CT molecular complexity index is 441. The maximum atomic E-state index is 6.31. The van der Waals surface area contributed by atoms with Crippen molar-refractivity contribution in [2.24, 2.45) is 17.8 Å². The summed E-state index contributed by atoms with van der Waals surface area (Å²) in [6, 6.07) is 0. The third kappa shape index (κ3) is 6.43. The normalized spacial score (nSPS) is 28.9. The molecule has 3 rings (SSSR count). The molecular formula is C26H48O3. The maximum absolute atomic E-state index is 6.31. The van der Waals surface area contributed by atoms with Crippen LogP contribution in [0, 0.1) is 17.8 Å². The molecule has 1 saturated heterocycles. The monoisotopic (exact) mass is 408 g/mol. The molecule has 170 valence electrons. The van der Waals surface area contributed by atoms with Crippen LogP contribution in [0.4, 0.5) is 0 Å². The van der Waals surface area contributed by atoms with E-state index >= 15 is 0 Å². The first-order valence-corrected chi connectivity index (χ1v) is 13.0. The molecule has 0 bridgehead atoms. The van der Waals surface area contributed by atoms with Gasteiger partial charge in [-0.3, -0.25) is 0 Å². The van der Waals surface area contributed by atoms with Crippen molar-refractivity contribution in [1.82, 2.24) is 0 Å². The van der Waals surface area contributed by atoms with Crippen molar-refractivity contribution >= 4 is 0 Å². The largest absolute Gasteiger partial charge is 0.370 e. The highest BCUT2D eigenvalue weighted by Gasteiger charge is 2.47. The molecular weight excluding hydrogens is 360 g/mol. The van der Waals surface area contributed by atoms with E-state index in [0.29, 0.717) is 24.0 Å². The predicted octanol–water partition coefficient (Wildman–Crippen LogP) is 7.27. The SMILES string of the molecule is CCCCCCCCC(CCC1CCC2OC2C1)C(OC)(OC)C1CCCCC1. The van der Waals surface area contributed by atoms with Gasteiger partial charge >= 0.3 is 0 Å². The zero-order chi connectivity index (χ0) is 20.5. The molecule has 0 aromatic carbocycles. The van der Waals surface area contributed by atoms with Gasteiger partial charge < -0.3 is 14.2 Å². The van der Waals surface area contributed by atoms with Crippen molar-refractivity contribution in [1.29, 1.82) is 0 Å². The second-order valence-corrected chi connectivity index (χ2v) is 10.2. The summed E-state index contributed by atoms with van der Waals surface area (Å²) in [6.45, 7) is 2.30. The molecule has 0 N–H and O–H groups in total. The standard InChI is InChI=1S/C26H48O3/c1-4-5-6-7-8-10-15-23(18-16-21-17-19-24-25(20-21)29-24)26(27-2,28-3)22-13-11-9-12-14-22/h21-25H,4-20H2,1-3H3. The fourth-order valence-electron chi connectivity index (χ4n) is 6.49. The fourth-order valence-corrected chi connectivity index (χ4v) is 6.49. The van der Waals surface area contributed by atoms with Crippen molar-refractivity contribution in [3.63, 3.8) is 0 Å². The molecule has 3 heteroatoms. The lowest BCUT2D eigenvalue weighted by Gasteiger charge is -2.46. The maximum Gasteiger partial charge on any atom is 0.173 e. The van der Waals surface area contributed by atoms with E-state index in [1.54, 1.807) is 0 Å². The van der Waals surface area contributed by atoms with E-state index < -0.39 is 0 Å². The second-order valence-electron chi connectivity index (χ2n) is 10.2. The highest BCUT2D eigenvalue weighted by atomic mass is 16.7. The quantitative estimate of drug-likeness (QED) is 0.172. The van der Waals surface area contributed by atoms with Gasteiger partial charge in [0.15, 0.2) is 5.79 Å². The van der Waals surface area contributed by atoms with Crippen LogP contribution in [0.3, 0.4) is 0 Å². The molecule has 0 spiro atoms. The summed E-state index contributed by atoms with van der Waals surface area (Å²) < 4.78 is 18.4. The highest BCUT2D eigenvalue weighted by molar-refractivity contribution is 4.93. The Labute approximate surface area is 180 Å². The lowest BCUT2D eigenvalue weighted by atomic mass is 9.73. The second kappa shape index (κ2) is 12.1. The Balaban J connectivity index is 1.58. The van der Waals surface area contributed by atoms with Gasteiger partial charge in [-0.05, 0) is 57.3 Å². The Morgan fingerprint density at radius 1 is 0.828 bits per heavy atom. The molecule has 29 heavy (non-hydrogen) atoms. The number of hydrogen-bond acceptors (Lipinski definition) is 3. The van der Waals surface area contributed by atoms with Crippen LogP contribution in [-0.2, 0) is 14.2 Å². The van der Waals surface area contributed by atoms with E-state index in [4.69, 9.17) is 14.2 Å². The van der Waals surface area contributed by atoms with Gasteiger partial charge in [0.1, 0.15) is 0 Å². The van der Waals surface area contributed by atoms with E-state index in [0.717, 1.165) is 5.92 Å². The Hall–Kier alpha value is -0.120. The third-order valence-electron chi connectivity index (χ3n) is 8.32. The molecule has 0 aromatic heterocycles. The van der Waals surface area contributed by atoms with E-state index in [1.165, 1.54) is 109 Å². The zero-order valence-electron chi connectivity index (χ0n) is 19.6. The zero-order valence-corrected chi connectivity index (χ0v) is 19.6. The van der Waals surface area contributed by atoms with Gasteiger partial charge in [0.25, 0.3) is 0 Å². The Kier molecular flexibility index (Phi) is 9.78. The van der Waals surface area contributed by atoms with Crippen LogP contribution in [0.1, 0.15) is 116 Å². The topological polar surface area (TPSA) is 31.0 Å². The summed E-state index contributed by atoms with van der Waals surface area (Å²) in [6.07, 6.45) is 23.8. The average Bonchev–Trinajstić information content (AvgIpc) is 3.54. The van der Waals surface area contributed by atoms with Crippen LogP contribution in [0.5, 0.6) is 0 Å². The van der Waals surface area contributed by atoms with Gasteiger partial charge in [0.2, 0.25) is 0 Å². The van der Waals surface area contributed by atoms with Crippen molar-refractivity contribution in [3.05, 3.63) is 0 Å². The van der Waals surface area contributed by atoms with Crippen molar-refractivity contribution < 1.29 is 14.2 Å². The van der Waals surface area contributed by atoms with Gasteiger partial charge in [-0.1, -0.05) is 64.7 Å². The highest BCUT2D eigenvalue weighted by Crippen LogP contribution is 2.46. The van der Waals surface area contributed by atoms with E-state index in [1.807, 2.05) is 14.2 Å². The van der Waals surface area contributed by atoms with E-state index in [-0.39, 0.29) is 5.79 Å². The Morgan fingerprint density at radius 2 is 1.55 bits per heavy atom. The first kappa shape index (κ1) is 23.5. The number of unbranched alkanes of at least 4 members (excludes halogenated alkanes) is 5. The van der Waals surface area contributed by atoms with Crippen molar-refractivity contribution in [2.45, 2.75) is 134 Å². The molecule has 1 heterocycles. The van der Waals surface area contributed by atoms with Crippen LogP contribution in [0.25, 0.3) is 0 Å². The molecule has 4 unspecified atom stereocenters. The molecule has 0 amide bonds. The van der Waals surface area contributed by atoms with Crippen LogP contribution in [-0.4, -0.2) is 32.2 Å². The van der Waals surface area contributed by atoms with Gasteiger partial charge in [-0.25, -0.2) is 0 Å². The first-order chi connectivity index (χ1) is 14.2. The number of methoxy groups -OCH3 is 2. The molecule has 2 saturated carbocycles. The van der Waals surface area contributed by atoms with Crippen molar-refractivity contribution in [3.8, 4) is 0 Å². The van der Waals surface area contributed by atoms with Gasteiger partial charge in [-0.2, -0.15) is 0 Å². The number of epoxide rings is 1. The van der Waals surface area contributed by atoms with Gasteiger partial charge in [0, 0.05) is 26.1 Å². The summed E-state index contributed by atoms with van der Waals surface area (Å²) in [5, 5.41) is 0. The number of fused-ring (bicyclic) bond motifs is 1. The van der Waals surface area contributed by atoms with Crippen LogP contribution < -0.4 is 0 Å². The molecule has 1 aliphatic heterocycles. The summed E-state index contributed by atoms with van der Waals surface area (Å²) in [4.78, 5) is 0. The summed E-state index contributed by atoms with van der Waals surface area (Å²) in [5.74, 6) is 1.59. The number of ether oxygens (including phenoxy) is 3. The molecule has 0 aromatic rings. The fraction of sp³-hybridized carbons (Fsp3) is 1.00. The summed E-state index contributed by atoms with van der Waals surface area (Å²) in [7, 11) is 3.82. The van der Waals surface area contributed by atoms with E-state index in [2.05, 4.69) is 6.92 Å². The van der Waals surface area contributed by atoms with Gasteiger partial charge in [-0.15, -0.1) is 0 Å². The lowest BCUT2D eigenvalue weighted by molar-refractivity contribution is -0.279. The summed E-state index contributed by atoms with van der Waals surface area (Å²) >= 11 is 0. The van der Waals surface area contributed by atoms with Crippen LogP contribution in [0.15, 0.2) is 0 Å². The minimum absolute atomic E-state index is 0.364. The van der Waals surface area contributed by atoms with E-state index in [9.17, 15) is 0 Å².